The maximum Gasteiger partial charge on any atom is 0.201 e. The molecule has 1 fully saturated rings. The quantitative estimate of drug-likeness (QED) is 0.821. The molecule has 1 aliphatic rings. The van der Waals surface area contributed by atoms with Crippen molar-refractivity contribution in [1.29, 1.82) is 0 Å². The smallest absolute Gasteiger partial charge is 0.201 e. The Morgan fingerprint density at radius 2 is 2.11 bits per heavy atom. The minimum atomic E-state index is 0.122. The van der Waals surface area contributed by atoms with Crippen molar-refractivity contribution in [3.8, 4) is 5.75 Å². The number of piperidine rings is 1. The third-order valence-electron chi connectivity index (χ3n) is 3.38. The first kappa shape index (κ1) is 12.9. The minimum absolute atomic E-state index is 0.122. The maximum atomic E-state index is 10.6. The van der Waals surface area contributed by atoms with E-state index in [4.69, 9.17) is 10.5 Å². The lowest BCUT2D eigenvalue weighted by Gasteiger charge is -2.29. The zero-order chi connectivity index (χ0) is 13.0. The molecule has 18 heavy (non-hydrogen) atoms. The van der Waals surface area contributed by atoms with Gasteiger partial charge < -0.3 is 10.5 Å². The van der Waals surface area contributed by atoms with E-state index in [9.17, 15) is 4.79 Å². The largest absolute Gasteiger partial charge is 0.497 e. The van der Waals surface area contributed by atoms with E-state index in [1.165, 1.54) is 0 Å². The number of methoxy groups -OCH3 is 1. The second-order valence-electron chi connectivity index (χ2n) is 4.78. The summed E-state index contributed by atoms with van der Waals surface area (Å²) in [5.41, 5.74) is 7.71. The number of hydrogen-bond acceptors (Lipinski definition) is 4. The Morgan fingerprint density at radius 1 is 1.39 bits per heavy atom. The highest BCUT2D eigenvalue weighted by molar-refractivity contribution is 5.54. The summed E-state index contributed by atoms with van der Waals surface area (Å²) in [7, 11) is 1.64. The monoisotopic (exact) mass is 247 g/mol. The molecule has 1 heterocycles. The lowest BCUT2D eigenvalue weighted by atomic mass is 9.98. The number of hydrogen-bond donors (Lipinski definition) is 1. The zero-order valence-corrected chi connectivity index (χ0v) is 10.7. The molecule has 0 unspecified atom stereocenters. The van der Waals surface area contributed by atoms with Crippen LogP contribution in [0.25, 0.3) is 0 Å². The molecule has 1 aliphatic heterocycles. The van der Waals surface area contributed by atoms with Crippen LogP contribution in [-0.4, -0.2) is 31.4 Å². The molecular formula is C14H19N2O2. The molecule has 0 aliphatic carbocycles. The number of benzene rings is 1. The molecule has 0 atom stereocenters. The van der Waals surface area contributed by atoms with Crippen molar-refractivity contribution in [2.24, 2.45) is 5.92 Å². The molecular weight excluding hydrogens is 228 g/mol. The van der Waals surface area contributed by atoms with Crippen LogP contribution in [0.2, 0.25) is 0 Å². The number of anilines is 1. The van der Waals surface area contributed by atoms with E-state index in [1.54, 1.807) is 7.11 Å². The summed E-state index contributed by atoms with van der Waals surface area (Å²) in [6, 6.07) is 5.80. The van der Waals surface area contributed by atoms with Crippen LogP contribution in [0.4, 0.5) is 5.69 Å². The van der Waals surface area contributed by atoms with Gasteiger partial charge in [0.05, 0.1) is 7.11 Å². The summed E-state index contributed by atoms with van der Waals surface area (Å²) >= 11 is 0. The standard InChI is InChI=1S/C14H19N2O2/c1-18-14-7-12(6-13(15)8-14)9-16-4-2-11(10-17)3-5-16/h6-8,11H,2-5,9,15H2,1H3. The van der Waals surface area contributed by atoms with Gasteiger partial charge >= 0.3 is 0 Å². The molecule has 0 aromatic heterocycles. The highest BCUT2D eigenvalue weighted by Crippen LogP contribution is 2.22. The summed E-state index contributed by atoms with van der Waals surface area (Å²) in [5, 5.41) is 0. The molecule has 2 N–H and O–H groups in total. The summed E-state index contributed by atoms with van der Waals surface area (Å²) < 4.78 is 5.21. The number of nitrogens with two attached hydrogens (primary N) is 1. The molecule has 0 saturated carbocycles. The van der Waals surface area contributed by atoms with Gasteiger partial charge in [-0.3, -0.25) is 9.69 Å². The lowest BCUT2D eigenvalue weighted by molar-refractivity contribution is 0.200. The second-order valence-corrected chi connectivity index (χ2v) is 4.78. The van der Waals surface area contributed by atoms with Crippen molar-refractivity contribution in [2.45, 2.75) is 19.4 Å². The van der Waals surface area contributed by atoms with Gasteiger partial charge in [0.1, 0.15) is 5.75 Å². The van der Waals surface area contributed by atoms with Gasteiger partial charge in [-0.2, -0.15) is 0 Å². The molecule has 0 amide bonds. The van der Waals surface area contributed by atoms with Crippen LogP contribution in [-0.2, 0) is 11.3 Å². The average molecular weight is 247 g/mol. The summed E-state index contributed by atoms with van der Waals surface area (Å²) in [5.74, 6) is 0.915. The molecule has 0 spiro atoms. The van der Waals surface area contributed by atoms with E-state index in [2.05, 4.69) is 11.2 Å². The van der Waals surface area contributed by atoms with Gasteiger partial charge in [-0.05, 0) is 43.6 Å². The summed E-state index contributed by atoms with van der Waals surface area (Å²) in [6.07, 6.45) is 3.91. The molecule has 2 rings (SSSR count). The Balaban J connectivity index is 1.97. The SMILES string of the molecule is COc1cc(N)cc(CN2CCC([C]=O)CC2)c1. The molecule has 0 bridgehead atoms. The van der Waals surface area contributed by atoms with Crippen molar-refractivity contribution >= 4 is 12.0 Å². The van der Waals surface area contributed by atoms with Crippen molar-refractivity contribution in [3.63, 3.8) is 0 Å². The number of nitrogens with zero attached hydrogens (tertiary/aromatic N) is 1. The fourth-order valence-corrected chi connectivity index (χ4v) is 2.36. The number of nitrogen functional groups attached to an aromatic ring is 1. The van der Waals surface area contributed by atoms with Gasteiger partial charge in [0.2, 0.25) is 6.29 Å². The third kappa shape index (κ3) is 3.23. The molecule has 4 heteroatoms. The van der Waals surface area contributed by atoms with E-state index in [0.29, 0.717) is 0 Å². The van der Waals surface area contributed by atoms with Gasteiger partial charge in [0.25, 0.3) is 0 Å². The van der Waals surface area contributed by atoms with E-state index in [0.717, 1.165) is 49.5 Å². The highest BCUT2D eigenvalue weighted by Gasteiger charge is 2.19. The van der Waals surface area contributed by atoms with Crippen molar-refractivity contribution in [2.75, 3.05) is 25.9 Å². The van der Waals surface area contributed by atoms with E-state index < -0.39 is 0 Å². The minimum Gasteiger partial charge on any atom is -0.497 e. The van der Waals surface area contributed by atoms with Crippen LogP contribution in [0.3, 0.4) is 0 Å². The molecule has 1 aromatic rings. The fourth-order valence-electron chi connectivity index (χ4n) is 2.36. The Labute approximate surface area is 108 Å². The van der Waals surface area contributed by atoms with Gasteiger partial charge in [0.15, 0.2) is 0 Å². The number of carbonyl (C=O) groups excluding carboxylic acids is 1. The highest BCUT2D eigenvalue weighted by atomic mass is 16.5. The van der Waals surface area contributed by atoms with Gasteiger partial charge in [-0.15, -0.1) is 0 Å². The molecule has 97 valence electrons. The summed E-state index contributed by atoms with van der Waals surface area (Å²) in [6.45, 7) is 2.74. The Kier molecular flexibility index (Phi) is 4.20. The van der Waals surface area contributed by atoms with Crippen molar-refractivity contribution < 1.29 is 9.53 Å². The zero-order valence-electron chi connectivity index (χ0n) is 10.7. The van der Waals surface area contributed by atoms with E-state index in [1.807, 2.05) is 18.2 Å². The first-order valence-corrected chi connectivity index (χ1v) is 6.24. The Morgan fingerprint density at radius 3 is 2.72 bits per heavy atom. The van der Waals surface area contributed by atoms with Crippen molar-refractivity contribution in [3.05, 3.63) is 23.8 Å². The van der Waals surface area contributed by atoms with Crippen LogP contribution in [0.5, 0.6) is 5.75 Å². The predicted molar refractivity (Wildman–Crippen MR) is 71.1 cm³/mol. The second kappa shape index (κ2) is 5.87. The molecule has 1 aromatic carbocycles. The molecule has 4 nitrogen and oxygen atoms in total. The molecule has 1 radical (unpaired) electrons. The third-order valence-corrected chi connectivity index (χ3v) is 3.38. The Hall–Kier alpha value is -1.55. The van der Waals surface area contributed by atoms with Crippen molar-refractivity contribution in [1.82, 2.24) is 4.90 Å². The van der Waals surface area contributed by atoms with Crippen LogP contribution < -0.4 is 10.5 Å². The number of ether oxygens (including phenoxy) is 1. The van der Waals surface area contributed by atoms with Crippen LogP contribution in [0.1, 0.15) is 18.4 Å². The van der Waals surface area contributed by atoms with Crippen LogP contribution in [0, 0.1) is 5.92 Å². The lowest BCUT2D eigenvalue weighted by Crippen LogP contribution is -2.33. The fraction of sp³-hybridized carbons (Fsp3) is 0.500. The van der Waals surface area contributed by atoms with Crippen LogP contribution in [0.15, 0.2) is 18.2 Å². The normalized spacial score (nSPS) is 17.6. The van der Waals surface area contributed by atoms with Gasteiger partial charge in [0, 0.05) is 24.2 Å². The van der Waals surface area contributed by atoms with E-state index in [-0.39, 0.29) is 5.92 Å². The first-order valence-electron chi connectivity index (χ1n) is 6.24. The topological polar surface area (TPSA) is 55.6 Å². The van der Waals surface area contributed by atoms with Crippen LogP contribution >= 0.6 is 0 Å². The number of rotatable bonds is 4. The number of likely N-dealkylation sites (tertiary alicyclic amines) is 1. The first-order chi connectivity index (χ1) is 8.71. The predicted octanol–water partition coefficient (Wildman–Crippen LogP) is 1.60. The average Bonchev–Trinajstić information content (AvgIpc) is 2.39. The molecule has 1 saturated heterocycles. The van der Waals surface area contributed by atoms with Gasteiger partial charge in [-0.25, -0.2) is 0 Å². The van der Waals surface area contributed by atoms with Gasteiger partial charge in [-0.1, -0.05) is 0 Å². The van der Waals surface area contributed by atoms with E-state index >= 15 is 0 Å². The Bertz CT molecular complexity index is 412. The maximum absolute atomic E-state index is 10.6. The summed E-state index contributed by atoms with van der Waals surface area (Å²) in [4.78, 5) is 12.9.